The van der Waals surface area contributed by atoms with Crippen molar-refractivity contribution < 1.29 is 51.3 Å². The Labute approximate surface area is 271 Å². The quantitative estimate of drug-likeness (QED) is 0.0604. The van der Waals surface area contributed by atoms with Crippen LogP contribution in [0.4, 0.5) is 10.1 Å². The van der Waals surface area contributed by atoms with Crippen LogP contribution in [0.5, 0.6) is 0 Å². The molecule has 1 saturated carbocycles. The summed E-state index contributed by atoms with van der Waals surface area (Å²) in [5.41, 5.74) is -0.859. The molecule has 5 atom stereocenters. The lowest BCUT2D eigenvalue weighted by Crippen LogP contribution is -2.36. The molecule has 2 fully saturated rings. The van der Waals surface area contributed by atoms with Crippen molar-refractivity contribution in [2.75, 3.05) is 23.4 Å². The van der Waals surface area contributed by atoms with Gasteiger partial charge in [-0.2, -0.15) is 5.26 Å². The summed E-state index contributed by atoms with van der Waals surface area (Å²) in [6.45, 7) is 1.19. The van der Waals surface area contributed by atoms with Crippen molar-refractivity contribution >= 4 is 51.7 Å². The fraction of sp³-hybridized carbons (Fsp3) is 0.679. The third kappa shape index (κ3) is 9.17. The molecule has 0 aromatic carbocycles. The molecule has 18 heteroatoms. The van der Waals surface area contributed by atoms with Gasteiger partial charge in [-0.3, -0.25) is 13.9 Å². The number of fused-ring (bicyclic) bond motifs is 1. The van der Waals surface area contributed by atoms with E-state index in [4.69, 9.17) is 21.1 Å². The molecule has 256 valence electrons. The highest BCUT2D eigenvalue weighted by atomic mass is 35.5. The van der Waals surface area contributed by atoms with Crippen LogP contribution < -0.4 is 5.32 Å². The second kappa shape index (κ2) is 15.7. The number of hydrogen-bond acceptors (Lipinski definition) is 12. The highest BCUT2D eigenvalue weighted by Gasteiger charge is 2.47. The van der Waals surface area contributed by atoms with E-state index in [2.05, 4.69) is 21.7 Å². The lowest BCUT2D eigenvalue weighted by molar-refractivity contribution is -0.150. The first-order chi connectivity index (χ1) is 21.7. The van der Waals surface area contributed by atoms with E-state index < -0.39 is 72.2 Å². The molecule has 2 aromatic heterocycles. The summed E-state index contributed by atoms with van der Waals surface area (Å²) in [6, 6.07) is 3.29. The van der Waals surface area contributed by atoms with Crippen LogP contribution in [0.15, 0.2) is 12.3 Å². The number of carbonyl (C=O) groups is 1. The number of nitriles is 1. The molecule has 14 nitrogen and oxygen atoms in total. The number of sulfone groups is 1. The predicted octanol–water partition coefficient (Wildman–Crippen LogP) is 3.92. The number of ether oxygens (including phenoxy) is 2. The van der Waals surface area contributed by atoms with E-state index in [0.717, 1.165) is 32.1 Å². The highest BCUT2D eigenvalue weighted by Crippen LogP contribution is 2.44. The fourth-order valence-electron chi connectivity index (χ4n) is 5.45. The minimum Gasteiger partial charge on any atom is -0.438 e. The Bertz CT molecular complexity index is 1580. The third-order valence-corrected chi connectivity index (χ3v) is 12.5. The second-order valence-electron chi connectivity index (χ2n) is 11.6. The predicted molar refractivity (Wildman–Crippen MR) is 165 cm³/mol. The summed E-state index contributed by atoms with van der Waals surface area (Å²) >= 11 is 6.27. The number of aliphatic hydroxyl groups is 2. The number of anilines is 1. The van der Waals surface area contributed by atoms with E-state index in [0.29, 0.717) is 17.5 Å². The van der Waals surface area contributed by atoms with Gasteiger partial charge in [-0.15, -0.1) is 0 Å². The topological polar surface area (TPSA) is 210 Å². The Morgan fingerprint density at radius 2 is 1.96 bits per heavy atom. The van der Waals surface area contributed by atoms with Crippen LogP contribution in [0.1, 0.15) is 76.5 Å². The molecule has 1 saturated heterocycles. The van der Waals surface area contributed by atoms with Crippen LogP contribution in [0.25, 0.3) is 11.0 Å². The van der Waals surface area contributed by atoms with E-state index in [1.54, 1.807) is 6.07 Å². The number of rotatable bonds is 17. The maximum absolute atomic E-state index is 13.4. The minimum atomic E-state index is -4.79. The zero-order valence-corrected chi connectivity index (χ0v) is 27.7. The largest absolute Gasteiger partial charge is 0.438 e. The van der Waals surface area contributed by atoms with E-state index in [1.807, 2.05) is 6.07 Å². The average Bonchev–Trinajstić information content (AvgIpc) is 3.48. The SMILES string of the molecule is CCCCCCCCC(=O)OCOP(=O)(O)CS(=O)(=O)C[C@H]1O[C@@H](n2ccc3c(N[C@H]4C[C@@H](F)C4)c(C#N)c(Cl)nc32)[C@H](O)[C@@H]1O. The molecule has 4 rings (SSSR count). The number of hydrogen-bond donors (Lipinski definition) is 4. The van der Waals surface area contributed by atoms with Crippen LogP contribution in [-0.4, -0.2) is 87.6 Å². The zero-order valence-electron chi connectivity index (χ0n) is 25.3. The number of carbonyl (C=O) groups excluding carboxylic acids is 1. The van der Waals surface area contributed by atoms with Crippen LogP contribution in [-0.2, 0) is 33.2 Å². The van der Waals surface area contributed by atoms with Crippen LogP contribution in [0.2, 0.25) is 5.15 Å². The molecule has 3 heterocycles. The lowest BCUT2D eigenvalue weighted by Gasteiger charge is -2.31. The molecule has 46 heavy (non-hydrogen) atoms. The minimum absolute atomic E-state index is 0.0364. The first-order valence-electron chi connectivity index (χ1n) is 15.1. The van der Waals surface area contributed by atoms with E-state index in [9.17, 15) is 42.5 Å². The third-order valence-electron chi connectivity index (χ3n) is 7.96. The van der Waals surface area contributed by atoms with E-state index >= 15 is 0 Å². The zero-order chi connectivity index (χ0) is 33.6. The summed E-state index contributed by atoms with van der Waals surface area (Å²) in [5, 5.41) is 34.4. The molecular weight excluding hydrogens is 670 g/mol. The molecule has 2 aromatic rings. The number of alkyl halides is 1. The number of aliphatic hydroxyl groups excluding tert-OH is 2. The average molecular weight is 709 g/mol. The molecule has 1 aliphatic carbocycles. The van der Waals surface area contributed by atoms with Crippen molar-refractivity contribution in [3.63, 3.8) is 0 Å². The monoisotopic (exact) mass is 708 g/mol. The molecule has 0 radical (unpaired) electrons. The smallest absolute Gasteiger partial charge is 0.346 e. The normalized spacial score (nSPS) is 25.9. The summed E-state index contributed by atoms with van der Waals surface area (Å²) in [5.74, 6) is -1.59. The van der Waals surface area contributed by atoms with Gasteiger partial charge in [-0.1, -0.05) is 50.6 Å². The van der Waals surface area contributed by atoms with Gasteiger partial charge < -0.3 is 34.5 Å². The molecule has 1 unspecified atom stereocenters. The first kappa shape index (κ1) is 36.5. The van der Waals surface area contributed by atoms with Crippen molar-refractivity contribution in [1.29, 1.82) is 5.26 Å². The lowest BCUT2D eigenvalue weighted by atomic mass is 9.90. The Hall–Kier alpha value is -2.35. The van der Waals surface area contributed by atoms with Crippen molar-refractivity contribution in [3.05, 3.63) is 23.0 Å². The fourth-order valence-corrected chi connectivity index (χ4v) is 9.37. The van der Waals surface area contributed by atoms with Gasteiger partial charge in [0.25, 0.3) is 0 Å². The van der Waals surface area contributed by atoms with Gasteiger partial charge in [0.05, 0.1) is 11.4 Å². The van der Waals surface area contributed by atoms with Crippen molar-refractivity contribution in [3.8, 4) is 6.07 Å². The van der Waals surface area contributed by atoms with Gasteiger partial charge >= 0.3 is 13.6 Å². The molecule has 4 N–H and O–H groups in total. The molecular formula is C28H39ClFN4O10PS. The molecule has 2 aliphatic rings. The number of pyridine rings is 1. The number of nitrogens with zero attached hydrogens (tertiary/aromatic N) is 3. The Morgan fingerprint density at radius 1 is 1.26 bits per heavy atom. The highest BCUT2D eigenvalue weighted by molar-refractivity contribution is 7.97. The van der Waals surface area contributed by atoms with Crippen LogP contribution >= 0.6 is 19.2 Å². The van der Waals surface area contributed by atoms with Crippen LogP contribution in [0.3, 0.4) is 0 Å². The maximum atomic E-state index is 13.4. The van der Waals surface area contributed by atoms with Gasteiger partial charge in [0.1, 0.15) is 41.8 Å². The summed E-state index contributed by atoms with van der Waals surface area (Å²) in [4.78, 5) is 26.2. The van der Waals surface area contributed by atoms with E-state index in [1.165, 1.54) is 10.8 Å². The Balaban J connectivity index is 1.36. The van der Waals surface area contributed by atoms with Gasteiger partial charge in [0, 0.05) is 24.0 Å². The molecule has 1 aliphatic heterocycles. The number of halogens is 2. The first-order valence-corrected chi connectivity index (χ1v) is 19.1. The number of unbranched alkanes of at least 4 members (excludes halogenated alkanes) is 5. The van der Waals surface area contributed by atoms with Crippen molar-refractivity contribution in [2.24, 2.45) is 0 Å². The van der Waals surface area contributed by atoms with Crippen molar-refractivity contribution in [2.45, 2.75) is 101 Å². The Kier molecular flexibility index (Phi) is 12.5. The van der Waals surface area contributed by atoms with Gasteiger partial charge in [0.2, 0.25) is 6.79 Å². The second-order valence-corrected chi connectivity index (χ2v) is 16.4. The number of aromatic nitrogens is 2. The van der Waals surface area contributed by atoms with Crippen molar-refractivity contribution in [1.82, 2.24) is 9.55 Å². The molecule has 0 bridgehead atoms. The summed E-state index contributed by atoms with van der Waals surface area (Å²) < 4.78 is 68.1. The van der Waals surface area contributed by atoms with Gasteiger partial charge in [0.15, 0.2) is 26.7 Å². The van der Waals surface area contributed by atoms with Gasteiger partial charge in [-0.05, 0) is 25.3 Å². The van der Waals surface area contributed by atoms with Gasteiger partial charge in [-0.25, -0.2) is 17.8 Å². The molecule has 0 amide bonds. The van der Waals surface area contributed by atoms with Crippen LogP contribution in [0, 0.1) is 11.3 Å². The number of esters is 1. The van der Waals surface area contributed by atoms with E-state index in [-0.39, 0.29) is 41.7 Å². The standard InChI is InChI=1S/C28H39ClFN4O10PS/c1-2-3-4-5-6-7-8-22(35)42-15-43-45(38,39)16-46(40,41)14-21-24(36)25(37)28(44-21)34-10-9-19-23(32-18-11-17(30)12-18)20(13-31)26(29)33-27(19)34/h9-10,17-18,21,24-25,28,36-37H,2-8,11-12,14-16H2,1H3,(H,32,33)(H,38,39)/t17-,18+,21-,24-,25-,28-/m1/s1. The maximum Gasteiger partial charge on any atom is 0.346 e. The summed E-state index contributed by atoms with van der Waals surface area (Å²) in [6.07, 6.45) is 0.544. The summed E-state index contributed by atoms with van der Waals surface area (Å²) in [7, 11) is -9.21. The molecule has 0 spiro atoms. The Morgan fingerprint density at radius 3 is 2.63 bits per heavy atom. The number of nitrogens with one attached hydrogen (secondary N) is 1.